The molecule has 0 bridgehead atoms. The van der Waals surface area contributed by atoms with Crippen LogP contribution in [0.15, 0.2) is 140 Å². The number of fused-ring (bicyclic) bond motifs is 13. The van der Waals surface area contributed by atoms with Gasteiger partial charge in [-0.25, -0.2) is 0 Å². The van der Waals surface area contributed by atoms with E-state index in [9.17, 15) is 0 Å². The summed E-state index contributed by atoms with van der Waals surface area (Å²) in [6.07, 6.45) is 0.997. The Morgan fingerprint density at radius 3 is 2.09 bits per heavy atom. The van der Waals surface area contributed by atoms with Crippen molar-refractivity contribution in [1.29, 1.82) is 0 Å². The lowest BCUT2D eigenvalue weighted by atomic mass is 9.93. The van der Waals surface area contributed by atoms with E-state index in [4.69, 9.17) is 0 Å². The summed E-state index contributed by atoms with van der Waals surface area (Å²) in [5.74, 6) is 0. The number of aromatic nitrogens is 1. The van der Waals surface area contributed by atoms with E-state index < -0.39 is 0 Å². The highest BCUT2D eigenvalue weighted by atomic mass is 32.1. The highest BCUT2D eigenvalue weighted by molar-refractivity contribution is 7.27. The standard InChI is InChI=1S/C41H25NS/c1-2-12-25(13-3-1)27-15-8-10-20-35(27)42-36-21-11-9-18-30(36)32-23-34-38(24-37(32)42)43-41-31-19-7-6-17-29(31)33-22-26-14-4-5-16-28(26)39(33)40(34)41/h1-21,23-24H,22H2. The third kappa shape index (κ3) is 3.16. The lowest BCUT2D eigenvalue weighted by molar-refractivity contribution is 1.18. The molecular weight excluding hydrogens is 539 g/mol. The normalized spacial score (nSPS) is 12.6. The number of para-hydroxylation sites is 2. The molecule has 0 spiro atoms. The van der Waals surface area contributed by atoms with Crippen LogP contribution in [0.2, 0.25) is 0 Å². The van der Waals surface area contributed by atoms with E-state index in [-0.39, 0.29) is 0 Å². The Bertz CT molecular complexity index is 2580. The molecule has 10 rings (SSSR count). The van der Waals surface area contributed by atoms with Crippen molar-refractivity contribution < 1.29 is 0 Å². The van der Waals surface area contributed by atoms with Gasteiger partial charge in [0.2, 0.25) is 0 Å². The zero-order chi connectivity index (χ0) is 28.1. The van der Waals surface area contributed by atoms with Crippen LogP contribution in [0.1, 0.15) is 11.1 Å². The van der Waals surface area contributed by atoms with Crippen molar-refractivity contribution in [2.45, 2.75) is 6.42 Å². The van der Waals surface area contributed by atoms with Gasteiger partial charge in [-0.1, -0.05) is 115 Å². The molecule has 2 heteroatoms. The van der Waals surface area contributed by atoms with Crippen LogP contribution in [0.25, 0.3) is 80.7 Å². The van der Waals surface area contributed by atoms with Crippen molar-refractivity contribution in [1.82, 2.24) is 4.57 Å². The lowest BCUT2D eigenvalue weighted by Gasteiger charge is -2.14. The average Bonchev–Trinajstić information content (AvgIpc) is 3.74. The predicted octanol–water partition coefficient (Wildman–Crippen LogP) is 11.5. The minimum atomic E-state index is 0.997. The second-order valence-electron chi connectivity index (χ2n) is 11.6. The first-order valence-electron chi connectivity index (χ1n) is 14.9. The summed E-state index contributed by atoms with van der Waals surface area (Å²) in [6, 6.07) is 51.4. The van der Waals surface area contributed by atoms with Gasteiger partial charge in [0, 0.05) is 36.5 Å². The van der Waals surface area contributed by atoms with Gasteiger partial charge in [0.25, 0.3) is 0 Å². The van der Waals surface area contributed by atoms with E-state index in [1.807, 2.05) is 11.3 Å². The van der Waals surface area contributed by atoms with Gasteiger partial charge < -0.3 is 4.57 Å². The van der Waals surface area contributed by atoms with Gasteiger partial charge in [-0.2, -0.15) is 0 Å². The number of nitrogens with zero attached hydrogens (tertiary/aromatic N) is 1. The largest absolute Gasteiger partial charge is 0.309 e. The molecule has 0 radical (unpaired) electrons. The van der Waals surface area contributed by atoms with Gasteiger partial charge in [0.1, 0.15) is 0 Å². The Labute approximate surface area is 252 Å². The molecule has 0 atom stereocenters. The summed E-state index contributed by atoms with van der Waals surface area (Å²) in [4.78, 5) is 0. The molecule has 0 unspecified atom stereocenters. The molecule has 2 aromatic heterocycles. The summed E-state index contributed by atoms with van der Waals surface area (Å²) < 4.78 is 5.22. The lowest BCUT2D eigenvalue weighted by Crippen LogP contribution is -1.96. The van der Waals surface area contributed by atoms with Gasteiger partial charge in [-0.3, -0.25) is 0 Å². The van der Waals surface area contributed by atoms with Gasteiger partial charge in [0.15, 0.2) is 0 Å². The second kappa shape index (κ2) is 8.67. The molecular formula is C41H25NS. The summed E-state index contributed by atoms with van der Waals surface area (Å²) in [6.45, 7) is 0. The monoisotopic (exact) mass is 563 g/mol. The van der Waals surface area contributed by atoms with Crippen molar-refractivity contribution in [2.24, 2.45) is 0 Å². The molecule has 0 aliphatic heterocycles. The van der Waals surface area contributed by atoms with E-state index in [0.717, 1.165) is 6.42 Å². The van der Waals surface area contributed by atoms with Crippen LogP contribution >= 0.6 is 11.3 Å². The SMILES string of the molecule is c1ccc(-c2ccccc2-n2c3ccccc3c3cc4c(cc32)sc2c3ccccc3c3c(c42)-c2ccccc2C3)cc1. The second-order valence-corrected chi connectivity index (χ2v) is 12.7. The molecule has 0 fully saturated rings. The zero-order valence-electron chi connectivity index (χ0n) is 23.3. The number of rotatable bonds is 2. The Morgan fingerprint density at radius 2 is 1.21 bits per heavy atom. The van der Waals surface area contributed by atoms with Crippen molar-refractivity contribution >= 4 is 64.1 Å². The Balaban J connectivity index is 1.37. The molecule has 7 aromatic carbocycles. The molecule has 0 amide bonds. The zero-order valence-corrected chi connectivity index (χ0v) is 24.2. The third-order valence-electron chi connectivity index (χ3n) is 9.41. The van der Waals surface area contributed by atoms with Crippen molar-refractivity contribution in [3.63, 3.8) is 0 Å². The quantitative estimate of drug-likeness (QED) is 0.197. The fraction of sp³-hybridized carbons (Fsp3) is 0.0244. The first-order valence-corrected chi connectivity index (χ1v) is 15.7. The summed E-state index contributed by atoms with van der Waals surface area (Å²) in [5, 5.41) is 8.15. The maximum Gasteiger partial charge on any atom is 0.0555 e. The van der Waals surface area contributed by atoms with E-state index in [2.05, 4.69) is 144 Å². The number of thiophene rings is 1. The molecule has 1 aliphatic carbocycles. The van der Waals surface area contributed by atoms with E-state index >= 15 is 0 Å². The van der Waals surface area contributed by atoms with Crippen LogP contribution in [-0.2, 0) is 6.42 Å². The smallest absolute Gasteiger partial charge is 0.0555 e. The Kier molecular flexibility index (Phi) is 4.72. The van der Waals surface area contributed by atoms with E-state index in [1.165, 1.54) is 91.8 Å². The van der Waals surface area contributed by atoms with Crippen molar-refractivity contribution in [2.75, 3.05) is 0 Å². The van der Waals surface area contributed by atoms with Crippen LogP contribution in [-0.4, -0.2) is 4.57 Å². The van der Waals surface area contributed by atoms with Crippen molar-refractivity contribution in [3.05, 3.63) is 151 Å². The molecule has 1 nitrogen and oxygen atoms in total. The van der Waals surface area contributed by atoms with Gasteiger partial charge in [-0.05, 0) is 69.3 Å². The predicted molar refractivity (Wildman–Crippen MR) is 185 cm³/mol. The molecule has 2 heterocycles. The maximum atomic E-state index is 2.49. The summed E-state index contributed by atoms with van der Waals surface area (Å²) in [5.41, 5.74) is 11.9. The Morgan fingerprint density at radius 1 is 0.512 bits per heavy atom. The third-order valence-corrected chi connectivity index (χ3v) is 10.6. The van der Waals surface area contributed by atoms with Crippen LogP contribution in [0.3, 0.4) is 0 Å². The maximum absolute atomic E-state index is 2.49. The van der Waals surface area contributed by atoms with Crippen LogP contribution < -0.4 is 0 Å². The first kappa shape index (κ1) is 23.4. The summed E-state index contributed by atoms with van der Waals surface area (Å²) in [7, 11) is 0. The van der Waals surface area contributed by atoms with Crippen LogP contribution in [0.5, 0.6) is 0 Å². The topological polar surface area (TPSA) is 4.93 Å². The van der Waals surface area contributed by atoms with Crippen LogP contribution in [0.4, 0.5) is 0 Å². The number of hydrogen-bond acceptors (Lipinski definition) is 1. The van der Waals surface area contributed by atoms with E-state index in [0.29, 0.717) is 0 Å². The van der Waals surface area contributed by atoms with Crippen molar-refractivity contribution in [3.8, 4) is 27.9 Å². The number of hydrogen-bond donors (Lipinski definition) is 0. The van der Waals surface area contributed by atoms with Gasteiger partial charge >= 0.3 is 0 Å². The minimum Gasteiger partial charge on any atom is -0.309 e. The number of benzene rings is 7. The highest BCUT2D eigenvalue weighted by Crippen LogP contribution is 2.52. The highest BCUT2D eigenvalue weighted by Gasteiger charge is 2.27. The summed E-state index contributed by atoms with van der Waals surface area (Å²) >= 11 is 1.95. The molecule has 200 valence electrons. The Hall–Kier alpha value is -5.18. The first-order chi connectivity index (χ1) is 21.3. The molecule has 0 N–H and O–H groups in total. The molecule has 0 saturated heterocycles. The minimum absolute atomic E-state index is 0.997. The molecule has 1 aliphatic rings. The van der Waals surface area contributed by atoms with Crippen LogP contribution in [0, 0.1) is 0 Å². The van der Waals surface area contributed by atoms with Gasteiger partial charge in [-0.15, -0.1) is 11.3 Å². The van der Waals surface area contributed by atoms with Gasteiger partial charge in [0.05, 0.1) is 16.7 Å². The molecule has 9 aromatic rings. The molecule has 0 saturated carbocycles. The fourth-order valence-corrected chi connectivity index (χ4v) is 8.87. The molecule has 43 heavy (non-hydrogen) atoms. The van der Waals surface area contributed by atoms with E-state index in [1.54, 1.807) is 0 Å². The average molecular weight is 564 g/mol. The fourth-order valence-electron chi connectivity index (χ4n) is 7.61.